The van der Waals surface area contributed by atoms with Gasteiger partial charge in [-0.25, -0.2) is 0 Å². The van der Waals surface area contributed by atoms with E-state index < -0.39 is 0 Å². The van der Waals surface area contributed by atoms with Crippen molar-refractivity contribution in [3.63, 3.8) is 0 Å². The molecule has 2 aromatic heterocycles. The zero-order chi connectivity index (χ0) is 36.7. The Balaban J connectivity index is 1.02. The molecule has 0 spiro atoms. The summed E-state index contributed by atoms with van der Waals surface area (Å²) in [6, 6.07) is 69.0. The van der Waals surface area contributed by atoms with Crippen molar-refractivity contribution >= 4 is 71.6 Å². The predicted octanol–water partition coefficient (Wildman–Crippen LogP) is 14.7. The van der Waals surface area contributed by atoms with Gasteiger partial charge in [0, 0.05) is 38.5 Å². The van der Waals surface area contributed by atoms with E-state index in [1.165, 1.54) is 43.8 Å². The first kappa shape index (κ1) is 30.9. The first-order valence-electron chi connectivity index (χ1n) is 19.0. The second-order valence-corrected chi connectivity index (χ2v) is 14.5. The van der Waals surface area contributed by atoms with Gasteiger partial charge in [-0.15, -0.1) is 0 Å². The fourth-order valence-electron chi connectivity index (χ4n) is 8.78. The molecule has 1 aliphatic heterocycles. The highest BCUT2D eigenvalue weighted by molar-refractivity contribution is 6.16. The van der Waals surface area contributed by atoms with Crippen molar-refractivity contribution in [2.75, 3.05) is 4.90 Å². The molecule has 56 heavy (non-hydrogen) atoms. The maximum absolute atomic E-state index is 6.63. The number of benzene rings is 9. The minimum atomic E-state index is 0.858. The van der Waals surface area contributed by atoms with Crippen molar-refractivity contribution < 1.29 is 9.15 Å². The van der Waals surface area contributed by atoms with E-state index in [0.29, 0.717) is 0 Å². The lowest BCUT2D eigenvalue weighted by molar-refractivity contribution is 0.476. The van der Waals surface area contributed by atoms with Crippen LogP contribution in [0.4, 0.5) is 17.1 Å². The third-order valence-electron chi connectivity index (χ3n) is 11.4. The molecular formula is C52H32N2O2. The Bertz CT molecular complexity index is 3340. The van der Waals surface area contributed by atoms with E-state index in [4.69, 9.17) is 9.15 Å². The highest BCUT2D eigenvalue weighted by Crippen LogP contribution is 2.48. The van der Waals surface area contributed by atoms with Crippen LogP contribution < -0.4 is 9.64 Å². The molecule has 262 valence electrons. The lowest BCUT2D eigenvalue weighted by Gasteiger charge is -2.26. The Hall–Kier alpha value is -7.56. The Morgan fingerprint density at radius 3 is 1.89 bits per heavy atom. The van der Waals surface area contributed by atoms with Crippen LogP contribution in [-0.4, -0.2) is 4.57 Å². The lowest BCUT2D eigenvalue weighted by atomic mass is 10.00. The van der Waals surface area contributed by atoms with E-state index in [9.17, 15) is 0 Å². The highest BCUT2D eigenvalue weighted by atomic mass is 16.5. The quantitative estimate of drug-likeness (QED) is 0.178. The van der Waals surface area contributed by atoms with Gasteiger partial charge >= 0.3 is 0 Å². The molecule has 0 fully saturated rings. The third-order valence-corrected chi connectivity index (χ3v) is 11.4. The van der Waals surface area contributed by atoms with Crippen molar-refractivity contribution in [3.05, 3.63) is 194 Å². The second kappa shape index (κ2) is 12.0. The van der Waals surface area contributed by atoms with Gasteiger partial charge in [-0.2, -0.15) is 0 Å². The minimum absolute atomic E-state index is 0.858. The van der Waals surface area contributed by atoms with Crippen molar-refractivity contribution in [2.24, 2.45) is 0 Å². The molecule has 0 radical (unpaired) electrons. The number of para-hydroxylation sites is 6. The van der Waals surface area contributed by atoms with Gasteiger partial charge < -0.3 is 18.6 Å². The van der Waals surface area contributed by atoms with E-state index in [2.05, 4.69) is 179 Å². The van der Waals surface area contributed by atoms with Gasteiger partial charge in [0.2, 0.25) is 0 Å². The average molecular weight is 717 g/mol. The summed E-state index contributed by atoms with van der Waals surface area (Å²) in [7, 11) is 0. The summed E-state index contributed by atoms with van der Waals surface area (Å²) in [5, 5.41) is 7.07. The van der Waals surface area contributed by atoms with Crippen LogP contribution in [0.2, 0.25) is 0 Å². The number of furan rings is 1. The zero-order valence-corrected chi connectivity index (χ0v) is 30.2. The Morgan fingerprint density at radius 2 is 1.04 bits per heavy atom. The molecule has 0 atom stereocenters. The first-order chi connectivity index (χ1) is 27.8. The van der Waals surface area contributed by atoms with Crippen LogP contribution in [0.25, 0.3) is 82.5 Å². The fraction of sp³-hybridized carbons (Fsp3) is 0. The van der Waals surface area contributed by atoms with E-state index >= 15 is 0 Å². The van der Waals surface area contributed by atoms with Gasteiger partial charge in [0.25, 0.3) is 0 Å². The molecule has 9 aromatic carbocycles. The molecule has 3 heterocycles. The van der Waals surface area contributed by atoms with Crippen LogP contribution >= 0.6 is 0 Å². The number of fused-ring (bicyclic) bond motifs is 9. The normalized spacial score (nSPS) is 12.1. The van der Waals surface area contributed by atoms with Gasteiger partial charge in [-0.1, -0.05) is 133 Å². The number of hydrogen-bond acceptors (Lipinski definition) is 3. The average Bonchev–Trinajstić information content (AvgIpc) is 3.82. The fourth-order valence-corrected chi connectivity index (χ4v) is 8.78. The standard InChI is InChI=1S/C52H32N2O2/c1-2-11-36-32-37(23-22-33(36)10-1)34-24-28-38(29-25-34)53(46-18-8-16-44-41-12-3-5-19-47(41)56-52(44)46)39-30-26-35(27-31-39)40-13-7-14-42-43-15-9-21-49-51(43)54(50(40)42)45-17-4-6-20-48(45)55-49/h1-32H. The number of anilines is 3. The van der Waals surface area contributed by atoms with Crippen LogP contribution in [0, 0.1) is 0 Å². The van der Waals surface area contributed by atoms with Crippen LogP contribution in [0.3, 0.4) is 0 Å². The van der Waals surface area contributed by atoms with Crippen molar-refractivity contribution in [1.29, 1.82) is 0 Å². The van der Waals surface area contributed by atoms with Crippen LogP contribution in [0.1, 0.15) is 0 Å². The predicted molar refractivity (Wildman–Crippen MR) is 231 cm³/mol. The van der Waals surface area contributed by atoms with Gasteiger partial charge in [-0.05, 0) is 88.1 Å². The van der Waals surface area contributed by atoms with E-state index in [1.807, 2.05) is 24.3 Å². The molecular weight excluding hydrogens is 685 g/mol. The molecule has 0 bridgehead atoms. The van der Waals surface area contributed by atoms with Crippen LogP contribution in [0.5, 0.6) is 11.5 Å². The SMILES string of the molecule is c1ccc2c(c1)Oc1cccc3c4cccc(-c5ccc(N(c6ccc(-c7ccc8ccccc8c7)cc6)c6cccc7c6oc6ccccc67)cc5)c4n-2c13. The van der Waals surface area contributed by atoms with Gasteiger partial charge in [-0.3, -0.25) is 0 Å². The summed E-state index contributed by atoms with van der Waals surface area (Å²) < 4.78 is 15.4. The van der Waals surface area contributed by atoms with E-state index in [0.717, 1.165) is 67.3 Å². The number of ether oxygens (including phenoxy) is 1. The van der Waals surface area contributed by atoms with Crippen molar-refractivity contribution in [2.45, 2.75) is 0 Å². The molecule has 0 amide bonds. The molecule has 1 aliphatic rings. The molecule has 0 N–H and O–H groups in total. The summed E-state index contributed by atoms with van der Waals surface area (Å²) in [6.07, 6.45) is 0. The van der Waals surface area contributed by atoms with E-state index in [-0.39, 0.29) is 0 Å². The minimum Gasteiger partial charge on any atom is -0.454 e. The molecule has 0 aliphatic carbocycles. The maximum Gasteiger partial charge on any atom is 0.159 e. The lowest BCUT2D eigenvalue weighted by Crippen LogP contribution is -2.10. The summed E-state index contributed by atoms with van der Waals surface area (Å²) in [5.41, 5.74) is 12.8. The molecule has 0 saturated heterocycles. The Labute approximate surface area is 322 Å². The van der Waals surface area contributed by atoms with Gasteiger partial charge in [0.1, 0.15) is 5.58 Å². The van der Waals surface area contributed by atoms with Crippen LogP contribution in [-0.2, 0) is 0 Å². The number of aromatic nitrogens is 1. The number of nitrogens with zero attached hydrogens (tertiary/aromatic N) is 2. The molecule has 4 heteroatoms. The number of hydrogen-bond donors (Lipinski definition) is 0. The molecule has 0 unspecified atom stereocenters. The molecule has 0 saturated carbocycles. The summed E-state index contributed by atoms with van der Waals surface area (Å²) in [6.45, 7) is 0. The monoisotopic (exact) mass is 716 g/mol. The first-order valence-corrected chi connectivity index (χ1v) is 19.0. The Morgan fingerprint density at radius 1 is 0.411 bits per heavy atom. The summed E-state index contributed by atoms with van der Waals surface area (Å²) in [4.78, 5) is 2.31. The molecule has 11 aromatic rings. The number of rotatable bonds is 5. The molecule has 12 rings (SSSR count). The highest BCUT2D eigenvalue weighted by Gasteiger charge is 2.25. The smallest absolute Gasteiger partial charge is 0.159 e. The van der Waals surface area contributed by atoms with Gasteiger partial charge in [0.15, 0.2) is 17.1 Å². The zero-order valence-electron chi connectivity index (χ0n) is 30.2. The summed E-state index contributed by atoms with van der Waals surface area (Å²) >= 11 is 0. The largest absolute Gasteiger partial charge is 0.454 e. The van der Waals surface area contributed by atoms with Gasteiger partial charge in [0.05, 0.1) is 22.4 Å². The summed E-state index contributed by atoms with van der Waals surface area (Å²) in [5.74, 6) is 1.73. The van der Waals surface area contributed by atoms with Crippen molar-refractivity contribution in [1.82, 2.24) is 4.57 Å². The molecule has 4 nitrogen and oxygen atoms in total. The maximum atomic E-state index is 6.63. The second-order valence-electron chi connectivity index (χ2n) is 14.5. The topological polar surface area (TPSA) is 30.5 Å². The van der Waals surface area contributed by atoms with Crippen LogP contribution in [0.15, 0.2) is 199 Å². The Kier molecular flexibility index (Phi) is 6.60. The van der Waals surface area contributed by atoms with E-state index in [1.54, 1.807) is 0 Å². The third kappa shape index (κ3) is 4.60. The van der Waals surface area contributed by atoms with Crippen molar-refractivity contribution in [3.8, 4) is 39.4 Å².